The van der Waals surface area contributed by atoms with E-state index in [1.54, 1.807) is 0 Å². The van der Waals surface area contributed by atoms with Crippen molar-refractivity contribution < 1.29 is 42.1 Å². The van der Waals surface area contributed by atoms with E-state index in [1.165, 1.54) is 270 Å². The van der Waals surface area contributed by atoms with Gasteiger partial charge in [-0.25, -0.2) is 0 Å². The molecule has 9 nitrogen and oxygen atoms in total. The maximum atomic E-state index is 12.9. The monoisotopic (exact) mass is 1240 g/mol. The number of allylic oxidation sites excluding steroid dienone is 10. The quantitative estimate of drug-likeness (QED) is 0.0195. The lowest BCUT2D eigenvalue weighted by Crippen LogP contribution is -2.37. The second-order valence-electron chi connectivity index (χ2n) is 26.6. The van der Waals surface area contributed by atoms with Crippen LogP contribution in [0.3, 0.4) is 0 Å². The van der Waals surface area contributed by atoms with Crippen LogP contribution >= 0.6 is 7.82 Å². The van der Waals surface area contributed by atoms with Gasteiger partial charge in [-0.15, -0.1) is 0 Å². The number of carbonyl (C=O) groups excluding carboxylic acids is 2. The predicted octanol–water partition coefficient (Wildman–Crippen LogP) is 23.9. The first-order valence-corrected chi connectivity index (χ1v) is 39.0. The molecule has 0 aliphatic rings. The number of nitrogens with zero attached hydrogens (tertiary/aromatic N) is 1. The van der Waals surface area contributed by atoms with Gasteiger partial charge in [-0.2, -0.15) is 0 Å². The largest absolute Gasteiger partial charge is 0.756 e. The Morgan fingerprint density at radius 3 is 0.977 bits per heavy atom. The van der Waals surface area contributed by atoms with Gasteiger partial charge in [0.05, 0.1) is 27.7 Å². The third-order valence-electron chi connectivity index (χ3n) is 16.8. The standard InChI is InChI=1S/C77H144NO8P/c1-6-8-10-12-14-16-18-20-22-24-26-28-30-31-32-33-34-35-36-37-38-39-40-41-42-43-44-45-46-47-48-50-52-54-56-58-60-62-64-66-68-70-77(80)86-75(74-85-87(81,82)84-72-71-78(3,4)5)73-83-76(79)69-67-65-63-61-59-57-55-53-51-49-29-27-25-23-21-19-17-15-13-11-9-7-2/h8,10,14,16,20,22,26,28,31-32,75H,6-7,9,11-13,15,17-19,21,23-25,27,29-30,33-74H2,1-5H3/b10-8-,16-14-,22-20-,28-26-,32-31-. The fourth-order valence-electron chi connectivity index (χ4n) is 11.1. The Kier molecular flexibility index (Phi) is 66.3. The number of ether oxygens (including phenoxy) is 2. The lowest BCUT2D eigenvalue weighted by atomic mass is 10.0. The molecule has 0 radical (unpaired) electrons. The fourth-order valence-corrected chi connectivity index (χ4v) is 11.8. The van der Waals surface area contributed by atoms with Gasteiger partial charge >= 0.3 is 11.9 Å². The van der Waals surface area contributed by atoms with Gasteiger partial charge < -0.3 is 27.9 Å². The van der Waals surface area contributed by atoms with E-state index in [0.29, 0.717) is 17.4 Å². The summed E-state index contributed by atoms with van der Waals surface area (Å²) in [5.41, 5.74) is 0. The molecule has 0 aliphatic carbocycles. The zero-order valence-corrected chi connectivity index (χ0v) is 59.1. The Hall–Kier alpha value is -2.29. The van der Waals surface area contributed by atoms with Crippen LogP contribution in [0.15, 0.2) is 60.8 Å². The maximum Gasteiger partial charge on any atom is 0.306 e. The number of phosphoric ester groups is 1. The molecular formula is C77H144NO8P. The molecule has 0 fully saturated rings. The predicted molar refractivity (Wildman–Crippen MR) is 374 cm³/mol. The van der Waals surface area contributed by atoms with Gasteiger partial charge in [-0.05, 0) is 57.8 Å². The summed E-state index contributed by atoms with van der Waals surface area (Å²) in [6.45, 7) is 4.20. The summed E-state index contributed by atoms with van der Waals surface area (Å²) in [5.74, 6) is -0.809. The van der Waals surface area contributed by atoms with Crippen molar-refractivity contribution >= 4 is 19.8 Å². The Morgan fingerprint density at radius 1 is 0.368 bits per heavy atom. The van der Waals surface area contributed by atoms with Gasteiger partial charge in [0.25, 0.3) is 7.82 Å². The highest BCUT2D eigenvalue weighted by atomic mass is 31.2. The van der Waals surface area contributed by atoms with Gasteiger partial charge in [0, 0.05) is 12.8 Å². The van der Waals surface area contributed by atoms with Crippen LogP contribution in [0, 0.1) is 0 Å². The first-order chi connectivity index (χ1) is 42.5. The maximum absolute atomic E-state index is 12.9. The van der Waals surface area contributed by atoms with Crippen molar-refractivity contribution in [3.8, 4) is 0 Å². The number of quaternary nitrogens is 1. The molecule has 0 amide bonds. The third-order valence-corrected chi connectivity index (χ3v) is 17.8. The first-order valence-electron chi connectivity index (χ1n) is 37.5. The van der Waals surface area contributed by atoms with Crippen molar-refractivity contribution in [2.24, 2.45) is 0 Å². The highest BCUT2D eigenvalue weighted by Crippen LogP contribution is 2.38. The molecule has 0 bridgehead atoms. The van der Waals surface area contributed by atoms with E-state index in [9.17, 15) is 19.0 Å². The molecule has 0 heterocycles. The zero-order valence-electron chi connectivity index (χ0n) is 58.2. The van der Waals surface area contributed by atoms with Gasteiger partial charge in [-0.3, -0.25) is 14.2 Å². The highest BCUT2D eigenvalue weighted by Gasteiger charge is 2.22. The lowest BCUT2D eigenvalue weighted by Gasteiger charge is -2.28. The number of rotatable bonds is 70. The molecule has 0 saturated heterocycles. The van der Waals surface area contributed by atoms with E-state index in [4.69, 9.17) is 18.5 Å². The van der Waals surface area contributed by atoms with E-state index in [-0.39, 0.29) is 32.0 Å². The van der Waals surface area contributed by atoms with E-state index in [0.717, 1.165) is 64.2 Å². The number of phosphoric acid groups is 1. The summed E-state index contributed by atoms with van der Waals surface area (Å²) < 4.78 is 34.4. The van der Waals surface area contributed by atoms with Crippen LogP contribution in [0.5, 0.6) is 0 Å². The van der Waals surface area contributed by atoms with Crippen LogP contribution < -0.4 is 4.89 Å². The average Bonchev–Trinajstić information content (AvgIpc) is 3.50. The van der Waals surface area contributed by atoms with Crippen LogP contribution in [0.4, 0.5) is 0 Å². The summed E-state index contributed by atoms with van der Waals surface area (Å²) in [5, 5.41) is 0. The van der Waals surface area contributed by atoms with E-state index >= 15 is 0 Å². The number of carbonyl (C=O) groups is 2. The van der Waals surface area contributed by atoms with Crippen LogP contribution in [-0.2, 0) is 32.7 Å². The van der Waals surface area contributed by atoms with Gasteiger partial charge in [0.15, 0.2) is 6.10 Å². The summed E-state index contributed by atoms with van der Waals surface area (Å²) in [6, 6.07) is 0. The van der Waals surface area contributed by atoms with E-state index in [1.807, 2.05) is 21.1 Å². The Morgan fingerprint density at radius 2 is 0.655 bits per heavy atom. The Bertz CT molecular complexity index is 1650. The highest BCUT2D eigenvalue weighted by molar-refractivity contribution is 7.45. The minimum absolute atomic E-state index is 0.0276. The third kappa shape index (κ3) is 72.6. The molecule has 0 rings (SSSR count). The van der Waals surface area contributed by atoms with Crippen molar-refractivity contribution in [2.45, 2.75) is 373 Å². The van der Waals surface area contributed by atoms with E-state index in [2.05, 4.69) is 74.6 Å². The van der Waals surface area contributed by atoms with Crippen LogP contribution in [0.2, 0.25) is 0 Å². The second-order valence-corrected chi connectivity index (χ2v) is 28.1. The lowest BCUT2D eigenvalue weighted by molar-refractivity contribution is -0.870. The number of esters is 2. The SMILES string of the molecule is CC/C=C\C/C=C\C/C=C\C/C=C\C/C=C\CCCCCCCCCCCCCCCCCCCCCCCCCCCC(=O)OC(COC(=O)CCCCCCCCCCCCCCCCCCCCCCCC)COP(=O)([O-])OCC[N+](C)(C)C. The Labute approximate surface area is 540 Å². The van der Waals surface area contributed by atoms with Crippen molar-refractivity contribution in [3.63, 3.8) is 0 Å². The topological polar surface area (TPSA) is 111 Å². The molecule has 0 spiro atoms. The molecule has 87 heavy (non-hydrogen) atoms. The summed E-state index contributed by atoms with van der Waals surface area (Å²) in [4.78, 5) is 38.1. The van der Waals surface area contributed by atoms with Crippen molar-refractivity contribution in [1.29, 1.82) is 0 Å². The minimum atomic E-state index is -4.64. The normalized spacial score (nSPS) is 13.4. The molecule has 0 aromatic heterocycles. The number of likely N-dealkylation sites (N-methyl/N-ethyl adjacent to an activating group) is 1. The first kappa shape index (κ1) is 84.7. The van der Waals surface area contributed by atoms with Crippen molar-refractivity contribution in [2.75, 3.05) is 47.5 Å². The fraction of sp³-hybridized carbons (Fsp3) is 0.844. The Balaban J connectivity index is 3.89. The van der Waals surface area contributed by atoms with Gasteiger partial charge in [0.1, 0.15) is 19.8 Å². The molecule has 0 saturated carbocycles. The second kappa shape index (κ2) is 68.1. The summed E-state index contributed by atoms with van der Waals surface area (Å²) in [7, 11) is 1.19. The molecule has 0 aromatic carbocycles. The average molecular weight is 1240 g/mol. The molecule has 2 unspecified atom stereocenters. The van der Waals surface area contributed by atoms with Crippen molar-refractivity contribution in [1.82, 2.24) is 0 Å². The van der Waals surface area contributed by atoms with Crippen molar-refractivity contribution in [3.05, 3.63) is 60.8 Å². The van der Waals surface area contributed by atoms with Crippen LogP contribution in [0.25, 0.3) is 0 Å². The van der Waals surface area contributed by atoms with E-state index < -0.39 is 26.5 Å². The number of unbranched alkanes of at least 4 members (excludes halogenated alkanes) is 46. The number of hydrogen-bond donors (Lipinski definition) is 0. The molecule has 0 aromatic rings. The minimum Gasteiger partial charge on any atom is -0.756 e. The molecule has 0 N–H and O–H groups in total. The molecule has 2 atom stereocenters. The van der Waals surface area contributed by atoms with Gasteiger partial charge in [0.2, 0.25) is 0 Å². The molecule has 510 valence electrons. The van der Waals surface area contributed by atoms with Gasteiger partial charge in [-0.1, -0.05) is 357 Å². The van der Waals surface area contributed by atoms with Crippen LogP contribution in [0.1, 0.15) is 367 Å². The number of hydrogen-bond acceptors (Lipinski definition) is 8. The zero-order chi connectivity index (χ0) is 63.4. The molecular weight excluding hydrogens is 1100 g/mol. The summed E-state index contributed by atoms with van der Waals surface area (Å²) in [6.07, 6.45) is 90.5. The van der Waals surface area contributed by atoms with Crippen LogP contribution in [-0.4, -0.2) is 70.0 Å². The molecule has 10 heteroatoms. The smallest absolute Gasteiger partial charge is 0.306 e. The summed E-state index contributed by atoms with van der Waals surface area (Å²) >= 11 is 0. The molecule has 0 aliphatic heterocycles.